The molecule has 1 saturated heterocycles. The molecule has 1 heterocycles. The van der Waals surface area contributed by atoms with Gasteiger partial charge in [0.05, 0.1) is 12.1 Å². The minimum Gasteiger partial charge on any atom is -0.495 e. The van der Waals surface area contributed by atoms with E-state index >= 15 is 0 Å². The number of amides is 2. The fraction of sp³-hybridized carbons (Fsp3) is 0.316. The van der Waals surface area contributed by atoms with Crippen LogP contribution in [0.5, 0.6) is 5.75 Å². The van der Waals surface area contributed by atoms with Crippen LogP contribution in [0.4, 0.5) is 16.2 Å². The molecule has 1 N–H and O–H groups in total. The van der Waals surface area contributed by atoms with Gasteiger partial charge in [0.25, 0.3) is 0 Å². The normalized spacial score (nSPS) is 14.3. The number of carbonyl (C=O) groups is 1. The van der Waals surface area contributed by atoms with E-state index in [0.717, 1.165) is 30.0 Å². The van der Waals surface area contributed by atoms with Crippen molar-refractivity contribution in [1.29, 1.82) is 0 Å². The van der Waals surface area contributed by atoms with Gasteiger partial charge in [0.15, 0.2) is 0 Å². The Labute approximate surface area is 163 Å². The van der Waals surface area contributed by atoms with Crippen LogP contribution in [0.25, 0.3) is 0 Å². The van der Waals surface area contributed by atoms with Gasteiger partial charge in [-0.3, -0.25) is 0 Å². The summed E-state index contributed by atoms with van der Waals surface area (Å²) >= 11 is 12.2. The van der Waals surface area contributed by atoms with Gasteiger partial charge in [-0.1, -0.05) is 23.2 Å². The van der Waals surface area contributed by atoms with E-state index in [1.54, 1.807) is 13.2 Å². The molecule has 3 rings (SSSR count). The van der Waals surface area contributed by atoms with E-state index in [1.165, 1.54) is 0 Å². The van der Waals surface area contributed by atoms with Crippen LogP contribution >= 0.6 is 23.2 Å². The summed E-state index contributed by atoms with van der Waals surface area (Å²) < 4.78 is 5.19. The lowest BCUT2D eigenvalue weighted by atomic mass is 10.2. The van der Waals surface area contributed by atoms with Crippen molar-refractivity contribution in [3.8, 4) is 5.75 Å². The SMILES string of the molecule is COc1ccc(N2CCN(C(=O)Nc3ccc(Cl)cc3C)CC2)cc1Cl. The van der Waals surface area contributed by atoms with Crippen LogP contribution in [-0.4, -0.2) is 44.2 Å². The molecule has 0 radical (unpaired) electrons. The Kier molecular flexibility index (Phi) is 5.79. The Hall–Kier alpha value is -2.11. The molecule has 7 heteroatoms. The van der Waals surface area contributed by atoms with E-state index in [1.807, 2.05) is 42.2 Å². The molecule has 0 spiro atoms. The first-order chi connectivity index (χ1) is 12.5. The number of anilines is 2. The number of benzene rings is 2. The van der Waals surface area contributed by atoms with Crippen LogP contribution in [-0.2, 0) is 0 Å². The molecular weight excluding hydrogens is 373 g/mol. The summed E-state index contributed by atoms with van der Waals surface area (Å²) in [5.41, 5.74) is 2.76. The quantitative estimate of drug-likeness (QED) is 0.823. The van der Waals surface area contributed by atoms with Crippen molar-refractivity contribution < 1.29 is 9.53 Å². The van der Waals surface area contributed by atoms with E-state index in [0.29, 0.717) is 28.9 Å². The highest BCUT2D eigenvalue weighted by Crippen LogP contribution is 2.29. The Bertz CT molecular complexity index is 805. The summed E-state index contributed by atoms with van der Waals surface area (Å²) in [4.78, 5) is 16.5. The lowest BCUT2D eigenvalue weighted by molar-refractivity contribution is 0.208. The van der Waals surface area contributed by atoms with E-state index in [9.17, 15) is 4.79 Å². The van der Waals surface area contributed by atoms with Crippen LogP contribution in [0.2, 0.25) is 10.0 Å². The van der Waals surface area contributed by atoms with Gasteiger partial charge in [0.2, 0.25) is 0 Å². The number of halogens is 2. The maximum atomic E-state index is 12.5. The molecule has 0 atom stereocenters. The Morgan fingerprint density at radius 3 is 2.42 bits per heavy atom. The smallest absolute Gasteiger partial charge is 0.321 e. The third-order valence-corrected chi connectivity index (χ3v) is 5.03. The molecule has 1 aliphatic heterocycles. The highest BCUT2D eigenvalue weighted by Gasteiger charge is 2.22. The van der Waals surface area contributed by atoms with Gasteiger partial charge in [-0.05, 0) is 48.9 Å². The number of rotatable bonds is 3. The number of hydrogen-bond acceptors (Lipinski definition) is 3. The predicted octanol–water partition coefficient (Wildman–Crippen LogP) is 4.66. The van der Waals surface area contributed by atoms with Crippen LogP contribution < -0.4 is 15.0 Å². The van der Waals surface area contributed by atoms with Crippen molar-refractivity contribution in [3.05, 3.63) is 52.0 Å². The highest BCUT2D eigenvalue weighted by atomic mass is 35.5. The van der Waals surface area contributed by atoms with Gasteiger partial charge in [-0.15, -0.1) is 0 Å². The number of carbonyl (C=O) groups excluding carboxylic acids is 1. The number of nitrogens with zero attached hydrogens (tertiary/aromatic N) is 2. The molecular formula is C19H21Cl2N3O2. The van der Waals surface area contributed by atoms with E-state index in [4.69, 9.17) is 27.9 Å². The van der Waals surface area contributed by atoms with Crippen LogP contribution in [0.3, 0.4) is 0 Å². The van der Waals surface area contributed by atoms with Gasteiger partial charge in [-0.25, -0.2) is 4.79 Å². The predicted molar refractivity (Wildman–Crippen MR) is 107 cm³/mol. The first-order valence-electron chi connectivity index (χ1n) is 8.38. The first-order valence-corrected chi connectivity index (χ1v) is 9.14. The number of hydrogen-bond donors (Lipinski definition) is 1. The fourth-order valence-electron chi connectivity index (χ4n) is 2.98. The van der Waals surface area contributed by atoms with E-state index in [2.05, 4.69) is 10.2 Å². The summed E-state index contributed by atoms with van der Waals surface area (Å²) in [7, 11) is 1.60. The monoisotopic (exact) mass is 393 g/mol. The third kappa shape index (κ3) is 4.17. The summed E-state index contributed by atoms with van der Waals surface area (Å²) in [5.74, 6) is 0.659. The second-order valence-corrected chi connectivity index (χ2v) is 7.03. The Balaban J connectivity index is 1.59. The number of urea groups is 1. The lowest BCUT2D eigenvalue weighted by Gasteiger charge is -2.36. The van der Waals surface area contributed by atoms with Crippen molar-refractivity contribution in [2.75, 3.05) is 43.5 Å². The maximum Gasteiger partial charge on any atom is 0.321 e. The van der Waals surface area contributed by atoms with Crippen molar-refractivity contribution in [1.82, 2.24) is 4.90 Å². The minimum atomic E-state index is -0.0946. The number of nitrogens with one attached hydrogen (secondary N) is 1. The Morgan fingerprint density at radius 1 is 1.08 bits per heavy atom. The molecule has 0 aliphatic carbocycles. The second-order valence-electron chi connectivity index (χ2n) is 6.18. The van der Waals surface area contributed by atoms with Gasteiger partial charge >= 0.3 is 6.03 Å². The number of aryl methyl sites for hydroxylation is 1. The topological polar surface area (TPSA) is 44.8 Å². The minimum absolute atomic E-state index is 0.0946. The van der Waals surface area contributed by atoms with Crippen molar-refractivity contribution in [3.63, 3.8) is 0 Å². The zero-order valence-electron chi connectivity index (χ0n) is 14.8. The number of piperazine rings is 1. The fourth-order valence-corrected chi connectivity index (χ4v) is 3.46. The summed E-state index contributed by atoms with van der Waals surface area (Å²) in [5, 5.41) is 4.20. The van der Waals surface area contributed by atoms with E-state index < -0.39 is 0 Å². The van der Waals surface area contributed by atoms with Gasteiger partial charge in [0.1, 0.15) is 5.75 Å². The second kappa shape index (κ2) is 8.06. The largest absolute Gasteiger partial charge is 0.495 e. The average Bonchev–Trinajstić information content (AvgIpc) is 2.64. The summed E-state index contributed by atoms with van der Waals surface area (Å²) in [6.45, 7) is 4.70. The highest BCUT2D eigenvalue weighted by molar-refractivity contribution is 6.32. The van der Waals surface area contributed by atoms with Crippen molar-refractivity contribution >= 4 is 40.6 Å². The van der Waals surface area contributed by atoms with Gasteiger partial charge < -0.3 is 19.9 Å². The van der Waals surface area contributed by atoms with Crippen molar-refractivity contribution in [2.45, 2.75) is 6.92 Å². The first kappa shape index (κ1) is 18.7. The molecule has 1 aliphatic rings. The molecule has 2 aromatic carbocycles. The molecule has 0 bridgehead atoms. The molecule has 1 fully saturated rings. The molecule has 5 nitrogen and oxygen atoms in total. The molecule has 2 aromatic rings. The van der Waals surface area contributed by atoms with Crippen LogP contribution in [0.1, 0.15) is 5.56 Å². The molecule has 0 unspecified atom stereocenters. The molecule has 138 valence electrons. The molecule has 0 aromatic heterocycles. The molecule has 26 heavy (non-hydrogen) atoms. The zero-order valence-corrected chi connectivity index (χ0v) is 16.3. The van der Waals surface area contributed by atoms with Crippen LogP contribution in [0.15, 0.2) is 36.4 Å². The number of methoxy groups -OCH3 is 1. The molecule has 2 amide bonds. The number of ether oxygens (including phenoxy) is 1. The van der Waals surface area contributed by atoms with E-state index in [-0.39, 0.29) is 6.03 Å². The van der Waals surface area contributed by atoms with Gasteiger partial charge in [0, 0.05) is 42.6 Å². The maximum absolute atomic E-state index is 12.5. The third-order valence-electron chi connectivity index (χ3n) is 4.50. The summed E-state index contributed by atoms with van der Waals surface area (Å²) in [6.07, 6.45) is 0. The average molecular weight is 394 g/mol. The standard InChI is InChI=1S/C19H21Cl2N3O2/c1-13-11-14(20)3-5-17(13)22-19(25)24-9-7-23(8-10-24)15-4-6-18(26-2)16(21)12-15/h3-6,11-12H,7-10H2,1-2H3,(H,22,25). The Morgan fingerprint density at radius 2 is 1.81 bits per heavy atom. The lowest BCUT2D eigenvalue weighted by Crippen LogP contribution is -2.50. The van der Waals surface area contributed by atoms with Gasteiger partial charge in [-0.2, -0.15) is 0 Å². The van der Waals surface area contributed by atoms with Crippen molar-refractivity contribution in [2.24, 2.45) is 0 Å². The zero-order chi connectivity index (χ0) is 18.7. The molecule has 0 saturated carbocycles. The summed E-state index contributed by atoms with van der Waals surface area (Å²) in [6, 6.07) is 11.1. The van der Waals surface area contributed by atoms with Crippen LogP contribution in [0, 0.1) is 6.92 Å².